The Hall–Kier alpha value is -3.89. The highest BCUT2D eigenvalue weighted by Crippen LogP contribution is 2.19. The van der Waals surface area contributed by atoms with E-state index < -0.39 is 29.7 Å². The molecule has 3 aromatic rings. The molecule has 0 saturated heterocycles. The number of thiophene rings is 1. The molecule has 11 heteroatoms. The molecule has 0 bridgehead atoms. The number of halogens is 1. The minimum atomic E-state index is -1.39. The van der Waals surface area contributed by atoms with E-state index in [1.807, 2.05) is 0 Å². The van der Waals surface area contributed by atoms with Crippen LogP contribution in [-0.2, 0) is 11.3 Å². The quantitative estimate of drug-likeness (QED) is 0.305. The third-order valence-electron chi connectivity index (χ3n) is 4.69. The maximum absolute atomic E-state index is 12.6. The minimum absolute atomic E-state index is 0.0263. The zero-order chi connectivity index (χ0) is 24.7. The first kappa shape index (κ1) is 24.7. The van der Waals surface area contributed by atoms with Crippen LogP contribution in [-0.4, -0.2) is 46.5 Å². The number of benzene rings is 2. The fourth-order valence-corrected chi connectivity index (χ4v) is 3.82. The number of hydrogen-bond donors (Lipinski definition) is 5. The van der Waals surface area contributed by atoms with Gasteiger partial charge >= 0.3 is 5.97 Å². The molecule has 3 amide bonds. The Kier molecular flexibility index (Phi) is 8.23. The first-order chi connectivity index (χ1) is 16.2. The van der Waals surface area contributed by atoms with Gasteiger partial charge < -0.3 is 26.2 Å². The third kappa shape index (κ3) is 6.56. The van der Waals surface area contributed by atoms with Gasteiger partial charge in [-0.3, -0.25) is 14.4 Å². The minimum Gasteiger partial charge on any atom is -0.508 e. The number of carbonyl (C=O) groups is 4. The molecule has 5 N–H and O–H groups in total. The van der Waals surface area contributed by atoms with E-state index in [4.69, 9.17) is 11.6 Å². The number of amides is 3. The van der Waals surface area contributed by atoms with E-state index >= 15 is 0 Å². The van der Waals surface area contributed by atoms with E-state index in [-0.39, 0.29) is 35.0 Å². The van der Waals surface area contributed by atoms with Crippen molar-refractivity contribution < 1.29 is 29.4 Å². The van der Waals surface area contributed by atoms with Crippen molar-refractivity contribution >= 4 is 46.6 Å². The Morgan fingerprint density at radius 1 is 0.941 bits per heavy atom. The molecule has 1 heterocycles. The molecule has 34 heavy (non-hydrogen) atoms. The van der Waals surface area contributed by atoms with E-state index in [0.717, 1.165) is 0 Å². The number of phenols is 1. The van der Waals surface area contributed by atoms with Crippen LogP contribution in [0.2, 0.25) is 5.02 Å². The molecule has 1 atom stereocenters. The molecule has 0 fully saturated rings. The number of aliphatic carboxylic acids is 1. The van der Waals surface area contributed by atoms with Crippen LogP contribution >= 0.6 is 22.9 Å². The first-order valence-corrected chi connectivity index (χ1v) is 11.3. The number of nitrogens with one attached hydrogen (secondary N) is 3. The van der Waals surface area contributed by atoms with E-state index in [1.54, 1.807) is 29.0 Å². The third-order valence-corrected chi connectivity index (χ3v) is 5.69. The highest BCUT2D eigenvalue weighted by molar-refractivity contribution is 7.08. The van der Waals surface area contributed by atoms with Crippen LogP contribution in [0.5, 0.6) is 5.75 Å². The summed E-state index contributed by atoms with van der Waals surface area (Å²) in [6, 6.07) is 10.6. The van der Waals surface area contributed by atoms with Crippen molar-refractivity contribution in [1.29, 1.82) is 0 Å². The molecule has 0 radical (unpaired) electrons. The topological polar surface area (TPSA) is 145 Å². The van der Waals surface area contributed by atoms with Crippen molar-refractivity contribution in [2.45, 2.75) is 12.6 Å². The predicted molar refractivity (Wildman–Crippen MR) is 126 cm³/mol. The molecule has 0 aliphatic heterocycles. The smallest absolute Gasteiger partial charge is 0.328 e. The largest absolute Gasteiger partial charge is 0.508 e. The van der Waals surface area contributed by atoms with Crippen LogP contribution < -0.4 is 16.0 Å². The molecule has 9 nitrogen and oxygen atoms in total. The van der Waals surface area contributed by atoms with Gasteiger partial charge in [0.25, 0.3) is 17.7 Å². The van der Waals surface area contributed by atoms with Crippen molar-refractivity contribution in [2.75, 3.05) is 6.54 Å². The lowest BCUT2D eigenvalue weighted by atomic mass is 10.1. The lowest BCUT2D eigenvalue weighted by Gasteiger charge is -2.16. The van der Waals surface area contributed by atoms with Crippen molar-refractivity contribution in [3.63, 3.8) is 0 Å². The van der Waals surface area contributed by atoms with Crippen LogP contribution in [0, 0.1) is 0 Å². The van der Waals surface area contributed by atoms with Gasteiger partial charge in [0.1, 0.15) is 11.8 Å². The molecule has 0 unspecified atom stereocenters. The molecule has 3 rings (SSSR count). The zero-order valence-electron chi connectivity index (χ0n) is 17.6. The molecular weight excluding hydrogens is 482 g/mol. The molecule has 0 spiro atoms. The molecule has 176 valence electrons. The second-order valence-corrected chi connectivity index (χ2v) is 8.32. The predicted octanol–water partition coefficient (Wildman–Crippen LogP) is 2.65. The number of carboxylic acids is 1. The fraction of sp³-hybridized carbons (Fsp3) is 0.130. The summed E-state index contributed by atoms with van der Waals surface area (Å²) in [6.07, 6.45) is 0. The van der Waals surface area contributed by atoms with Crippen LogP contribution in [0.25, 0.3) is 0 Å². The Bertz CT molecular complexity index is 1220. The van der Waals surface area contributed by atoms with Gasteiger partial charge in [0.15, 0.2) is 0 Å². The average Bonchev–Trinajstić information content (AvgIpc) is 3.34. The van der Waals surface area contributed by atoms with E-state index in [1.165, 1.54) is 41.7 Å². The van der Waals surface area contributed by atoms with E-state index in [2.05, 4.69) is 16.0 Å². The van der Waals surface area contributed by atoms with E-state index in [0.29, 0.717) is 11.1 Å². The molecular formula is C23H20ClN3O6S. The van der Waals surface area contributed by atoms with Crippen LogP contribution in [0.3, 0.4) is 0 Å². The summed E-state index contributed by atoms with van der Waals surface area (Å²) in [5.41, 5.74) is 1.25. The van der Waals surface area contributed by atoms with Crippen LogP contribution in [0.4, 0.5) is 0 Å². The summed E-state index contributed by atoms with van der Waals surface area (Å²) in [5, 5.41) is 29.6. The normalized spacial score (nSPS) is 11.3. The maximum Gasteiger partial charge on any atom is 0.328 e. The van der Waals surface area contributed by atoms with Gasteiger partial charge in [-0.15, -0.1) is 0 Å². The molecule has 0 aliphatic carbocycles. The van der Waals surface area contributed by atoms with Gasteiger partial charge in [0.2, 0.25) is 0 Å². The second kappa shape index (κ2) is 11.3. The number of hydrogen-bond acceptors (Lipinski definition) is 6. The number of carboxylic acid groups (broad SMARTS) is 1. The Balaban J connectivity index is 1.60. The lowest BCUT2D eigenvalue weighted by Crippen LogP contribution is -2.48. The summed E-state index contributed by atoms with van der Waals surface area (Å²) < 4.78 is 0. The first-order valence-electron chi connectivity index (χ1n) is 9.94. The summed E-state index contributed by atoms with van der Waals surface area (Å²) in [5.74, 6) is -2.93. The van der Waals surface area contributed by atoms with Crippen LogP contribution in [0.15, 0.2) is 59.3 Å². The van der Waals surface area contributed by atoms with Crippen molar-refractivity contribution in [3.05, 3.63) is 86.6 Å². The van der Waals surface area contributed by atoms with Gasteiger partial charge in [-0.2, -0.15) is 11.3 Å². The Labute approximate surface area is 203 Å². The number of aromatic hydroxyl groups is 1. The number of phenolic OH excluding ortho intramolecular Hbond substituents is 1. The van der Waals surface area contributed by atoms with Crippen molar-refractivity contribution in [3.8, 4) is 5.75 Å². The summed E-state index contributed by atoms with van der Waals surface area (Å²) >= 11 is 7.50. The van der Waals surface area contributed by atoms with Gasteiger partial charge in [-0.25, -0.2) is 4.79 Å². The Morgan fingerprint density at radius 2 is 1.71 bits per heavy atom. The highest BCUT2D eigenvalue weighted by Gasteiger charge is 2.23. The molecule has 1 aromatic heterocycles. The molecule has 2 aromatic carbocycles. The molecule has 0 aliphatic rings. The summed E-state index contributed by atoms with van der Waals surface area (Å²) in [4.78, 5) is 48.5. The highest BCUT2D eigenvalue weighted by atomic mass is 35.5. The zero-order valence-corrected chi connectivity index (χ0v) is 19.2. The van der Waals surface area contributed by atoms with Gasteiger partial charge in [0.05, 0.1) is 10.6 Å². The van der Waals surface area contributed by atoms with Gasteiger partial charge in [0, 0.05) is 29.6 Å². The summed E-state index contributed by atoms with van der Waals surface area (Å²) in [6.45, 7) is -0.159. The van der Waals surface area contributed by atoms with E-state index in [9.17, 15) is 29.4 Å². The number of rotatable bonds is 9. The average molecular weight is 502 g/mol. The molecule has 0 saturated carbocycles. The lowest BCUT2D eigenvalue weighted by molar-refractivity contribution is -0.139. The van der Waals surface area contributed by atoms with Gasteiger partial charge in [-0.1, -0.05) is 23.7 Å². The summed E-state index contributed by atoms with van der Waals surface area (Å²) in [7, 11) is 0. The fourth-order valence-electron chi connectivity index (χ4n) is 2.92. The van der Waals surface area contributed by atoms with Crippen molar-refractivity contribution in [2.24, 2.45) is 0 Å². The Morgan fingerprint density at radius 3 is 2.35 bits per heavy atom. The SMILES string of the molecule is O=C(NCc1cccc(O)c1)c1ccc(C(=O)N[C@@H](CNC(=O)c2ccsc2)C(=O)O)c(Cl)c1. The van der Waals surface area contributed by atoms with Gasteiger partial charge in [-0.05, 0) is 47.3 Å². The maximum atomic E-state index is 12.6. The standard InChI is InChI=1S/C23H20ClN3O6S/c24-18-9-14(20(29)25-10-13-2-1-3-16(28)8-13)4-5-17(18)22(31)27-19(23(32)33)11-26-21(30)15-6-7-34-12-15/h1-9,12,19,28H,10-11H2,(H,25,29)(H,26,30)(H,27,31)(H,32,33)/t19-/m0/s1. The van der Waals surface area contributed by atoms with Crippen LogP contribution in [0.1, 0.15) is 36.6 Å². The van der Waals surface area contributed by atoms with Crippen molar-refractivity contribution in [1.82, 2.24) is 16.0 Å². The second-order valence-electron chi connectivity index (χ2n) is 7.13. The monoisotopic (exact) mass is 501 g/mol. The number of carbonyl (C=O) groups excluding carboxylic acids is 3.